The molecule has 3 amide bonds. The third kappa shape index (κ3) is 5.36. The summed E-state index contributed by atoms with van der Waals surface area (Å²) in [7, 11) is 0. The van der Waals surface area contributed by atoms with E-state index in [9.17, 15) is 18.8 Å². The van der Waals surface area contributed by atoms with E-state index in [2.05, 4.69) is 27.5 Å². The number of halogens is 1. The maximum absolute atomic E-state index is 13.7. The zero-order chi connectivity index (χ0) is 20.8. The van der Waals surface area contributed by atoms with Crippen LogP contribution in [0.3, 0.4) is 0 Å². The largest absolute Gasteiger partial charge is 0.459 e. The van der Waals surface area contributed by atoms with Crippen LogP contribution in [0.5, 0.6) is 0 Å². The predicted molar refractivity (Wildman–Crippen MR) is 106 cm³/mol. The Kier molecular flexibility index (Phi) is 6.15. The molecule has 10 heteroatoms. The molecule has 3 N–H and O–H groups in total. The Bertz CT molecular complexity index is 1060. The van der Waals surface area contributed by atoms with E-state index in [1.165, 1.54) is 35.8 Å². The minimum Gasteiger partial charge on any atom is -0.459 e. The topological polar surface area (TPSA) is 113 Å². The van der Waals surface area contributed by atoms with Crippen LogP contribution in [-0.2, 0) is 16.0 Å². The number of rotatable bonds is 7. The zero-order valence-electron chi connectivity index (χ0n) is 14.9. The van der Waals surface area contributed by atoms with Gasteiger partial charge in [0.05, 0.1) is 24.1 Å². The summed E-state index contributed by atoms with van der Waals surface area (Å²) in [4.78, 5) is 39.7. The molecule has 0 aliphatic carbocycles. The molecule has 0 unspecified atom stereocenters. The van der Waals surface area contributed by atoms with Crippen molar-refractivity contribution in [1.29, 1.82) is 0 Å². The van der Waals surface area contributed by atoms with Crippen LogP contribution in [0.4, 0.5) is 20.9 Å². The number of nitrogens with zero attached hydrogens (tertiary/aromatic N) is 1. The number of amides is 3. The minimum absolute atomic E-state index is 0.0567. The molecule has 148 valence electrons. The molecule has 0 radical (unpaired) electrons. The van der Waals surface area contributed by atoms with Crippen LogP contribution >= 0.6 is 11.3 Å². The van der Waals surface area contributed by atoms with E-state index in [-0.39, 0.29) is 17.9 Å². The summed E-state index contributed by atoms with van der Waals surface area (Å²) in [5, 5.41) is 9.45. The maximum Gasteiger partial charge on any atom is 0.293 e. The number of hydrogen-bond acceptors (Lipinski definition) is 6. The number of thiazole rings is 1. The van der Waals surface area contributed by atoms with Gasteiger partial charge in [0, 0.05) is 11.1 Å². The van der Waals surface area contributed by atoms with E-state index < -0.39 is 23.5 Å². The van der Waals surface area contributed by atoms with Gasteiger partial charge in [0.15, 0.2) is 10.9 Å². The predicted octanol–water partition coefficient (Wildman–Crippen LogP) is 3.43. The van der Waals surface area contributed by atoms with Crippen LogP contribution in [0.2, 0.25) is 0 Å². The second kappa shape index (κ2) is 8.93. The molecule has 2 heterocycles. The van der Waals surface area contributed by atoms with Gasteiger partial charge in [0.2, 0.25) is 11.8 Å². The molecule has 29 heavy (non-hydrogen) atoms. The lowest BCUT2D eigenvalue weighted by Crippen LogP contribution is -2.16. The third-order valence-electron chi connectivity index (χ3n) is 3.55. The summed E-state index contributed by atoms with van der Waals surface area (Å²) < 4.78 is 18.7. The van der Waals surface area contributed by atoms with E-state index in [1.54, 1.807) is 11.4 Å². The van der Waals surface area contributed by atoms with E-state index in [0.717, 1.165) is 12.1 Å². The van der Waals surface area contributed by atoms with Crippen molar-refractivity contribution in [2.45, 2.75) is 6.42 Å². The highest BCUT2D eigenvalue weighted by Gasteiger charge is 2.14. The van der Waals surface area contributed by atoms with Gasteiger partial charge in [-0.15, -0.1) is 11.3 Å². The lowest BCUT2D eigenvalue weighted by atomic mass is 10.2. The summed E-state index contributed by atoms with van der Waals surface area (Å²) in [5.74, 6) is -1.91. The Morgan fingerprint density at radius 1 is 1.21 bits per heavy atom. The highest BCUT2D eigenvalue weighted by molar-refractivity contribution is 7.14. The van der Waals surface area contributed by atoms with Crippen molar-refractivity contribution in [1.82, 2.24) is 4.98 Å². The molecule has 3 rings (SSSR count). The summed E-state index contributed by atoms with van der Waals surface area (Å²) in [6.45, 7) is 3.30. The Morgan fingerprint density at radius 2 is 2.03 bits per heavy atom. The van der Waals surface area contributed by atoms with Crippen molar-refractivity contribution >= 4 is 45.6 Å². The van der Waals surface area contributed by atoms with Crippen molar-refractivity contribution in [3.8, 4) is 0 Å². The summed E-state index contributed by atoms with van der Waals surface area (Å²) >= 11 is 1.17. The van der Waals surface area contributed by atoms with E-state index in [0.29, 0.717) is 16.5 Å². The Labute approximate surface area is 168 Å². The van der Waals surface area contributed by atoms with Gasteiger partial charge < -0.3 is 15.1 Å². The number of hydrogen-bond donors (Lipinski definition) is 3. The third-order valence-corrected chi connectivity index (χ3v) is 4.36. The lowest BCUT2D eigenvalue weighted by molar-refractivity contribution is -0.115. The van der Waals surface area contributed by atoms with E-state index in [1.807, 2.05) is 0 Å². The highest BCUT2D eigenvalue weighted by Crippen LogP contribution is 2.21. The number of aromatic nitrogens is 1. The van der Waals surface area contributed by atoms with Gasteiger partial charge in [0.25, 0.3) is 5.91 Å². The van der Waals surface area contributed by atoms with Crippen LogP contribution in [0.25, 0.3) is 0 Å². The van der Waals surface area contributed by atoms with Gasteiger partial charge in [-0.1, -0.05) is 6.58 Å². The second-order valence-corrected chi connectivity index (χ2v) is 6.55. The molecule has 3 aromatic rings. The fourth-order valence-corrected chi connectivity index (χ4v) is 2.97. The average molecular weight is 414 g/mol. The number of nitrogens with one attached hydrogen (secondary N) is 3. The summed E-state index contributed by atoms with van der Waals surface area (Å²) in [6, 6.07) is 6.90. The fraction of sp³-hybridized carbons (Fsp3) is 0.0526. The maximum atomic E-state index is 13.7. The van der Waals surface area contributed by atoms with Gasteiger partial charge in [-0.25, -0.2) is 9.37 Å². The molecule has 0 atom stereocenters. The normalized spacial score (nSPS) is 10.2. The quantitative estimate of drug-likeness (QED) is 0.513. The first-order valence-electron chi connectivity index (χ1n) is 8.26. The van der Waals surface area contributed by atoms with Crippen LogP contribution in [0.15, 0.2) is 59.0 Å². The molecule has 8 nitrogen and oxygen atoms in total. The molecule has 0 aliphatic heterocycles. The molecule has 2 aromatic heterocycles. The van der Waals surface area contributed by atoms with Gasteiger partial charge >= 0.3 is 0 Å². The SMILES string of the molecule is C=CC(=O)Nc1cc(NC(=O)Cc2csc(NC(=O)c3ccco3)n2)ccc1F. The number of anilines is 3. The number of furan rings is 1. The molecule has 1 aromatic carbocycles. The van der Waals surface area contributed by atoms with Crippen molar-refractivity contribution in [2.24, 2.45) is 0 Å². The van der Waals surface area contributed by atoms with Gasteiger partial charge in [-0.2, -0.15) is 0 Å². The number of benzene rings is 1. The van der Waals surface area contributed by atoms with Gasteiger partial charge in [-0.3, -0.25) is 19.7 Å². The standard InChI is InChI=1S/C19H15FN4O4S/c1-2-16(25)23-14-8-11(5-6-13(14)20)21-17(26)9-12-10-29-19(22-12)24-18(27)15-4-3-7-28-15/h2-8,10H,1,9H2,(H,21,26)(H,23,25)(H,22,24,27). The van der Waals surface area contributed by atoms with Crippen molar-refractivity contribution < 1.29 is 23.2 Å². The molecule has 0 spiro atoms. The Morgan fingerprint density at radius 3 is 2.76 bits per heavy atom. The zero-order valence-corrected chi connectivity index (χ0v) is 15.7. The molecular formula is C19H15FN4O4S. The van der Waals surface area contributed by atoms with Gasteiger partial charge in [0.1, 0.15) is 5.82 Å². The van der Waals surface area contributed by atoms with Crippen molar-refractivity contribution in [3.63, 3.8) is 0 Å². The molecule has 0 saturated carbocycles. The van der Waals surface area contributed by atoms with E-state index >= 15 is 0 Å². The first-order valence-corrected chi connectivity index (χ1v) is 9.14. The Hall–Kier alpha value is -3.79. The lowest BCUT2D eigenvalue weighted by Gasteiger charge is -2.08. The highest BCUT2D eigenvalue weighted by atomic mass is 32.1. The van der Waals surface area contributed by atoms with Crippen LogP contribution in [-0.4, -0.2) is 22.7 Å². The molecular weight excluding hydrogens is 399 g/mol. The van der Waals surface area contributed by atoms with Crippen LogP contribution < -0.4 is 16.0 Å². The number of carbonyl (C=O) groups is 3. The smallest absolute Gasteiger partial charge is 0.293 e. The minimum atomic E-state index is -0.644. The molecule has 0 saturated heterocycles. The second-order valence-electron chi connectivity index (χ2n) is 5.69. The summed E-state index contributed by atoms with van der Waals surface area (Å²) in [5.41, 5.74) is 0.672. The molecule has 0 aliphatic rings. The monoisotopic (exact) mass is 414 g/mol. The van der Waals surface area contributed by atoms with Crippen LogP contribution in [0.1, 0.15) is 16.2 Å². The molecule has 0 bridgehead atoms. The molecule has 0 fully saturated rings. The summed E-state index contributed by atoms with van der Waals surface area (Å²) in [6.07, 6.45) is 2.34. The first-order chi connectivity index (χ1) is 13.9. The Balaban J connectivity index is 1.59. The van der Waals surface area contributed by atoms with E-state index in [4.69, 9.17) is 4.42 Å². The van der Waals surface area contributed by atoms with Crippen molar-refractivity contribution in [2.75, 3.05) is 16.0 Å². The van der Waals surface area contributed by atoms with Crippen LogP contribution in [0, 0.1) is 5.82 Å². The first kappa shape index (κ1) is 20.0. The average Bonchev–Trinajstić information content (AvgIpc) is 3.36. The fourth-order valence-electron chi connectivity index (χ4n) is 2.26. The van der Waals surface area contributed by atoms with Crippen molar-refractivity contribution in [3.05, 3.63) is 71.9 Å². The number of carbonyl (C=O) groups excluding carboxylic acids is 3. The van der Waals surface area contributed by atoms with Gasteiger partial charge in [-0.05, 0) is 36.4 Å².